The van der Waals surface area contributed by atoms with Crippen molar-refractivity contribution in [3.05, 3.63) is 46.4 Å². The average molecular weight is 312 g/mol. The lowest BCUT2D eigenvalue weighted by atomic mass is 10.3. The number of aryl methyl sites for hydroxylation is 2. The van der Waals surface area contributed by atoms with Crippen LogP contribution in [0.3, 0.4) is 0 Å². The Morgan fingerprint density at radius 2 is 2.00 bits per heavy atom. The van der Waals surface area contributed by atoms with E-state index in [1.165, 1.54) is 4.70 Å². The van der Waals surface area contributed by atoms with Gasteiger partial charge in [-0.2, -0.15) is 5.26 Å². The molecule has 21 heavy (non-hydrogen) atoms. The van der Waals surface area contributed by atoms with Crippen molar-refractivity contribution in [3.8, 4) is 6.07 Å². The molecule has 0 aliphatic rings. The van der Waals surface area contributed by atoms with E-state index in [0.717, 1.165) is 21.2 Å². The maximum Gasteiger partial charge on any atom is 0.126 e. The summed E-state index contributed by atoms with van der Waals surface area (Å²) in [5.41, 5.74) is 2.32. The van der Waals surface area contributed by atoms with E-state index in [0.29, 0.717) is 17.1 Å². The molecule has 2 aromatic heterocycles. The fourth-order valence-corrected chi connectivity index (χ4v) is 4.06. The molecule has 0 unspecified atom stereocenters. The Balaban J connectivity index is 1.86. The molecule has 0 spiro atoms. The van der Waals surface area contributed by atoms with Gasteiger partial charge in [-0.3, -0.25) is 0 Å². The monoisotopic (exact) mass is 312 g/mol. The molecule has 0 radical (unpaired) electrons. The largest absolute Gasteiger partial charge is 0.240 e. The number of para-hydroxylation sites is 1. The van der Waals surface area contributed by atoms with Gasteiger partial charge in [0.2, 0.25) is 0 Å². The van der Waals surface area contributed by atoms with Gasteiger partial charge in [-0.05, 0) is 26.0 Å². The molecule has 0 fully saturated rings. The number of aromatic nitrogens is 3. The first-order valence-corrected chi connectivity index (χ1v) is 8.20. The number of nitriles is 1. The first-order chi connectivity index (χ1) is 10.2. The van der Waals surface area contributed by atoms with Crippen molar-refractivity contribution in [2.24, 2.45) is 0 Å². The molecule has 0 amide bonds. The number of hydrogen-bond donors (Lipinski definition) is 0. The normalized spacial score (nSPS) is 10.7. The molecule has 1 aromatic carbocycles. The minimum Gasteiger partial charge on any atom is -0.240 e. The first kappa shape index (κ1) is 14.0. The number of thioether (sulfide) groups is 1. The van der Waals surface area contributed by atoms with E-state index in [-0.39, 0.29) is 0 Å². The number of hydrogen-bond acceptors (Lipinski definition) is 6. The summed E-state index contributed by atoms with van der Waals surface area (Å²) >= 11 is 3.22. The Kier molecular flexibility index (Phi) is 3.86. The molecule has 2 heterocycles. The van der Waals surface area contributed by atoms with Crippen LogP contribution in [0.4, 0.5) is 0 Å². The van der Waals surface area contributed by atoms with Crippen molar-refractivity contribution < 1.29 is 0 Å². The predicted octanol–water partition coefficient (Wildman–Crippen LogP) is 3.87. The van der Waals surface area contributed by atoms with Crippen LogP contribution < -0.4 is 0 Å². The molecule has 4 nitrogen and oxygen atoms in total. The summed E-state index contributed by atoms with van der Waals surface area (Å²) in [6, 6.07) is 10.3. The standard InChI is InChI=1S/C15H12N4S2/c1-9-11(7-16)15(18-10(2)17-9)20-8-14-19-12-5-3-4-6-13(12)21-14/h3-6H,8H2,1-2H3. The number of nitrogens with zero attached hydrogens (tertiary/aromatic N) is 4. The second-order valence-corrected chi connectivity index (χ2v) is 6.59. The van der Waals surface area contributed by atoms with Crippen molar-refractivity contribution in [1.29, 1.82) is 5.26 Å². The molecule has 0 N–H and O–H groups in total. The summed E-state index contributed by atoms with van der Waals surface area (Å²) in [5.74, 6) is 1.41. The third kappa shape index (κ3) is 2.89. The molecule has 6 heteroatoms. The summed E-state index contributed by atoms with van der Waals surface area (Å²) in [6.45, 7) is 3.69. The summed E-state index contributed by atoms with van der Waals surface area (Å²) in [7, 11) is 0. The second kappa shape index (κ2) is 5.80. The zero-order valence-electron chi connectivity index (χ0n) is 11.6. The molecule has 0 saturated carbocycles. The van der Waals surface area contributed by atoms with E-state index in [9.17, 15) is 5.26 Å². The van der Waals surface area contributed by atoms with Gasteiger partial charge in [0.05, 0.1) is 21.7 Å². The van der Waals surface area contributed by atoms with Gasteiger partial charge in [-0.15, -0.1) is 11.3 Å². The number of rotatable bonds is 3. The molecule has 0 aliphatic heterocycles. The van der Waals surface area contributed by atoms with Gasteiger partial charge in [0.1, 0.15) is 27.5 Å². The summed E-state index contributed by atoms with van der Waals surface area (Å²) in [6.07, 6.45) is 0. The van der Waals surface area contributed by atoms with Gasteiger partial charge >= 0.3 is 0 Å². The quantitative estimate of drug-likeness (QED) is 0.542. The maximum atomic E-state index is 9.25. The topological polar surface area (TPSA) is 62.5 Å². The molecule has 104 valence electrons. The average Bonchev–Trinajstić information content (AvgIpc) is 2.87. The van der Waals surface area contributed by atoms with E-state index < -0.39 is 0 Å². The number of fused-ring (bicyclic) bond motifs is 1. The SMILES string of the molecule is Cc1nc(C)c(C#N)c(SCc2nc3ccccc3s2)n1. The Labute approximate surface area is 130 Å². The van der Waals surface area contributed by atoms with Crippen LogP contribution in [0, 0.1) is 25.2 Å². The molecule has 0 aliphatic carbocycles. The van der Waals surface area contributed by atoms with Crippen LogP contribution in [0.15, 0.2) is 29.3 Å². The van der Waals surface area contributed by atoms with E-state index >= 15 is 0 Å². The molecule has 0 atom stereocenters. The summed E-state index contributed by atoms with van der Waals surface area (Å²) in [4.78, 5) is 13.2. The minimum absolute atomic E-state index is 0.562. The van der Waals surface area contributed by atoms with Crippen LogP contribution >= 0.6 is 23.1 Å². The van der Waals surface area contributed by atoms with Crippen LogP contribution in [-0.2, 0) is 5.75 Å². The van der Waals surface area contributed by atoms with E-state index in [1.54, 1.807) is 23.1 Å². The Hall–Kier alpha value is -1.97. The Morgan fingerprint density at radius 1 is 1.19 bits per heavy atom. The van der Waals surface area contributed by atoms with Crippen LogP contribution in [0.25, 0.3) is 10.2 Å². The fourth-order valence-electron chi connectivity index (χ4n) is 2.03. The van der Waals surface area contributed by atoms with Gasteiger partial charge in [0.15, 0.2) is 0 Å². The molecular weight excluding hydrogens is 300 g/mol. The van der Waals surface area contributed by atoms with Gasteiger partial charge in [0.25, 0.3) is 0 Å². The minimum atomic E-state index is 0.562. The van der Waals surface area contributed by atoms with E-state index in [2.05, 4.69) is 27.1 Å². The van der Waals surface area contributed by atoms with Crippen LogP contribution in [0.1, 0.15) is 22.1 Å². The lowest BCUT2D eigenvalue weighted by Gasteiger charge is -2.05. The molecule has 3 rings (SSSR count). The zero-order valence-corrected chi connectivity index (χ0v) is 13.3. The van der Waals surface area contributed by atoms with Crippen LogP contribution in [0.2, 0.25) is 0 Å². The highest BCUT2D eigenvalue weighted by Gasteiger charge is 2.12. The van der Waals surface area contributed by atoms with Crippen molar-refractivity contribution in [2.75, 3.05) is 0 Å². The summed E-state index contributed by atoms with van der Waals surface area (Å²) < 4.78 is 1.18. The summed E-state index contributed by atoms with van der Waals surface area (Å²) in [5, 5.41) is 11.0. The number of benzene rings is 1. The van der Waals surface area contributed by atoms with E-state index in [4.69, 9.17) is 0 Å². The van der Waals surface area contributed by atoms with Gasteiger partial charge in [-0.25, -0.2) is 15.0 Å². The molecule has 3 aromatic rings. The van der Waals surface area contributed by atoms with Crippen molar-refractivity contribution in [2.45, 2.75) is 24.6 Å². The van der Waals surface area contributed by atoms with Crippen LogP contribution in [0.5, 0.6) is 0 Å². The van der Waals surface area contributed by atoms with Crippen molar-refractivity contribution in [3.63, 3.8) is 0 Å². The lowest BCUT2D eigenvalue weighted by Crippen LogP contribution is -1.99. The first-order valence-electron chi connectivity index (χ1n) is 6.40. The molecule has 0 bridgehead atoms. The number of thiazole rings is 1. The van der Waals surface area contributed by atoms with Gasteiger partial charge in [-0.1, -0.05) is 23.9 Å². The highest BCUT2D eigenvalue weighted by Crippen LogP contribution is 2.29. The molecular formula is C15H12N4S2. The predicted molar refractivity (Wildman–Crippen MR) is 85.4 cm³/mol. The Morgan fingerprint density at radius 3 is 2.76 bits per heavy atom. The van der Waals surface area contributed by atoms with Crippen molar-refractivity contribution >= 4 is 33.3 Å². The van der Waals surface area contributed by atoms with Gasteiger partial charge < -0.3 is 0 Å². The van der Waals surface area contributed by atoms with Crippen LogP contribution in [-0.4, -0.2) is 15.0 Å². The maximum absolute atomic E-state index is 9.25. The van der Waals surface area contributed by atoms with Gasteiger partial charge in [0, 0.05) is 0 Å². The Bertz CT molecular complexity index is 815. The molecule has 0 saturated heterocycles. The highest BCUT2D eigenvalue weighted by atomic mass is 32.2. The third-order valence-electron chi connectivity index (χ3n) is 2.95. The van der Waals surface area contributed by atoms with Crippen molar-refractivity contribution in [1.82, 2.24) is 15.0 Å². The zero-order chi connectivity index (χ0) is 14.8. The second-order valence-electron chi connectivity index (χ2n) is 4.51. The lowest BCUT2D eigenvalue weighted by molar-refractivity contribution is 0.923. The smallest absolute Gasteiger partial charge is 0.126 e. The highest BCUT2D eigenvalue weighted by molar-refractivity contribution is 7.98. The van der Waals surface area contributed by atoms with E-state index in [1.807, 2.05) is 32.0 Å². The fraction of sp³-hybridized carbons (Fsp3) is 0.200. The third-order valence-corrected chi connectivity index (χ3v) is 5.16.